The highest BCUT2D eigenvalue weighted by Crippen LogP contribution is 2.28. The standard InChI is InChI=1S/C25H18BrCl2N3O3/c1-15-4-2-3-5-22(15)31-25(33)17(13-29)10-16-6-9-23(19(26)11-16)34-14-24(32)30-18-7-8-20(27)21(28)12-18/h2-12H,14H2,1H3,(H,30,32)(H,31,33)/b17-10-. The molecule has 3 rings (SSSR count). The minimum atomic E-state index is -0.507. The number of nitrogens with one attached hydrogen (secondary N) is 2. The molecular formula is C25H18BrCl2N3O3. The van der Waals surface area contributed by atoms with Gasteiger partial charge in [0.25, 0.3) is 11.8 Å². The summed E-state index contributed by atoms with van der Waals surface area (Å²) in [5, 5.41) is 15.6. The fourth-order valence-corrected chi connectivity index (χ4v) is 3.67. The van der Waals surface area contributed by atoms with Crippen LogP contribution in [0.1, 0.15) is 11.1 Å². The lowest BCUT2D eigenvalue weighted by molar-refractivity contribution is -0.118. The number of benzene rings is 3. The largest absolute Gasteiger partial charge is 0.483 e. The third-order valence-electron chi connectivity index (χ3n) is 4.59. The van der Waals surface area contributed by atoms with Gasteiger partial charge in [0.2, 0.25) is 0 Å². The van der Waals surface area contributed by atoms with Crippen LogP contribution in [-0.4, -0.2) is 18.4 Å². The van der Waals surface area contributed by atoms with E-state index in [1.807, 2.05) is 25.1 Å². The second-order valence-electron chi connectivity index (χ2n) is 7.09. The van der Waals surface area contributed by atoms with Gasteiger partial charge in [-0.15, -0.1) is 0 Å². The Hall–Kier alpha value is -3.31. The number of aryl methyl sites for hydroxylation is 1. The highest BCUT2D eigenvalue weighted by molar-refractivity contribution is 9.10. The van der Waals surface area contributed by atoms with Gasteiger partial charge in [-0.3, -0.25) is 9.59 Å². The summed E-state index contributed by atoms with van der Waals surface area (Å²) in [5.41, 5.74) is 2.58. The van der Waals surface area contributed by atoms with Crippen molar-refractivity contribution in [1.29, 1.82) is 5.26 Å². The first kappa shape index (κ1) is 25.3. The zero-order valence-corrected chi connectivity index (χ0v) is 21.0. The van der Waals surface area contributed by atoms with Gasteiger partial charge in [0, 0.05) is 11.4 Å². The van der Waals surface area contributed by atoms with Crippen LogP contribution >= 0.6 is 39.1 Å². The van der Waals surface area contributed by atoms with E-state index in [-0.39, 0.29) is 18.1 Å². The van der Waals surface area contributed by atoms with Crippen molar-refractivity contribution in [3.05, 3.63) is 91.9 Å². The molecule has 0 aliphatic carbocycles. The predicted octanol–water partition coefficient (Wildman–Crippen LogP) is 6.63. The van der Waals surface area contributed by atoms with Crippen LogP contribution in [0.25, 0.3) is 6.08 Å². The van der Waals surface area contributed by atoms with Crippen molar-refractivity contribution < 1.29 is 14.3 Å². The molecule has 6 nitrogen and oxygen atoms in total. The molecule has 0 bridgehead atoms. The predicted molar refractivity (Wildman–Crippen MR) is 138 cm³/mol. The second kappa shape index (κ2) is 11.7. The zero-order valence-electron chi connectivity index (χ0n) is 17.9. The minimum absolute atomic E-state index is 0.0511. The number of nitrogens with zero attached hydrogens (tertiary/aromatic N) is 1. The van der Waals surface area contributed by atoms with Crippen LogP contribution in [0, 0.1) is 18.3 Å². The molecule has 0 aliphatic heterocycles. The van der Waals surface area contributed by atoms with Gasteiger partial charge in [0.1, 0.15) is 17.4 Å². The molecule has 0 unspecified atom stereocenters. The van der Waals surface area contributed by atoms with E-state index in [1.165, 1.54) is 6.08 Å². The minimum Gasteiger partial charge on any atom is -0.483 e. The Kier molecular flexibility index (Phi) is 8.72. The van der Waals surface area contributed by atoms with Gasteiger partial charge in [-0.05, 0) is 76.5 Å². The quantitative estimate of drug-likeness (QED) is 0.251. The van der Waals surface area contributed by atoms with Crippen molar-refractivity contribution in [3.63, 3.8) is 0 Å². The van der Waals surface area contributed by atoms with Gasteiger partial charge in [-0.25, -0.2) is 0 Å². The van der Waals surface area contributed by atoms with Crippen LogP contribution < -0.4 is 15.4 Å². The Morgan fingerprint density at radius 1 is 1.06 bits per heavy atom. The molecule has 3 aromatic rings. The van der Waals surface area contributed by atoms with E-state index in [1.54, 1.807) is 48.5 Å². The summed E-state index contributed by atoms with van der Waals surface area (Å²) >= 11 is 15.2. The van der Waals surface area contributed by atoms with Crippen molar-refractivity contribution in [2.75, 3.05) is 17.2 Å². The van der Waals surface area contributed by atoms with Crippen molar-refractivity contribution in [3.8, 4) is 11.8 Å². The number of carbonyl (C=O) groups is 2. The first-order valence-electron chi connectivity index (χ1n) is 9.93. The highest BCUT2D eigenvalue weighted by atomic mass is 79.9. The number of ether oxygens (including phenoxy) is 1. The number of amides is 2. The Balaban J connectivity index is 1.64. The highest BCUT2D eigenvalue weighted by Gasteiger charge is 2.12. The molecule has 172 valence electrons. The number of nitriles is 1. The summed E-state index contributed by atoms with van der Waals surface area (Å²) in [7, 11) is 0. The van der Waals surface area contributed by atoms with E-state index in [2.05, 4.69) is 26.6 Å². The summed E-state index contributed by atoms with van der Waals surface area (Å²) in [5.74, 6) is -0.467. The third-order valence-corrected chi connectivity index (χ3v) is 5.95. The molecule has 0 radical (unpaired) electrons. The summed E-state index contributed by atoms with van der Waals surface area (Å²) in [6.07, 6.45) is 1.47. The van der Waals surface area contributed by atoms with Gasteiger partial charge in [0.05, 0.1) is 14.5 Å². The maximum atomic E-state index is 12.5. The lowest BCUT2D eigenvalue weighted by Crippen LogP contribution is -2.20. The number of carbonyl (C=O) groups excluding carboxylic acids is 2. The van der Waals surface area contributed by atoms with E-state index in [9.17, 15) is 14.9 Å². The van der Waals surface area contributed by atoms with Crippen LogP contribution in [0.4, 0.5) is 11.4 Å². The molecule has 0 fully saturated rings. The molecular weight excluding hydrogens is 541 g/mol. The van der Waals surface area contributed by atoms with E-state index < -0.39 is 5.91 Å². The Morgan fingerprint density at radius 2 is 1.82 bits per heavy atom. The fraction of sp³-hybridized carbons (Fsp3) is 0.0800. The molecule has 0 saturated carbocycles. The van der Waals surface area contributed by atoms with Crippen LogP contribution in [-0.2, 0) is 9.59 Å². The Morgan fingerprint density at radius 3 is 2.50 bits per heavy atom. The average Bonchev–Trinajstić information content (AvgIpc) is 2.80. The van der Waals surface area contributed by atoms with Gasteiger partial charge >= 0.3 is 0 Å². The third kappa shape index (κ3) is 6.84. The molecule has 0 spiro atoms. The molecule has 0 aromatic heterocycles. The lowest BCUT2D eigenvalue weighted by Gasteiger charge is -2.10. The lowest BCUT2D eigenvalue weighted by atomic mass is 10.1. The van der Waals surface area contributed by atoms with Crippen molar-refractivity contribution in [1.82, 2.24) is 0 Å². The van der Waals surface area contributed by atoms with E-state index in [0.717, 1.165) is 5.56 Å². The summed E-state index contributed by atoms with van der Waals surface area (Å²) in [4.78, 5) is 24.7. The van der Waals surface area contributed by atoms with Crippen LogP contribution in [0.15, 0.2) is 70.7 Å². The van der Waals surface area contributed by atoms with E-state index in [4.69, 9.17) is 27.9 Å². The normalized spacial score (nSPS) is 10.9. The van der Waals surface area contributed by atoms with Crippen molar-refractivity contribution >= 4 is 68.4 Å². The SMILES string of the molecule is Cc1ccccc1NC(=O)/C(C#N)=C\c1ccc(OCC(=O)Nc2ccc(Cl)c(Cl)c2)c(Br)c1. The number of hydrogen-bond donors (Lipinski definition) is 2. The Bertz CT molecular complexity index is 1320. The topological polar surface area (TPSA) is 91.2 Å². The number of halogens is 3. The molecule has 0 atom stereocenters. The van der Waals surface area contributed by atoms with Gasteiger partial charge in [-0.2, -0.15) is 5.26 Å². The van der Waals surface area contributed by atoms with Crippen molar-refractivity contribution in [2.24, 2.45) is 0 Å². The maximum Gasteiger partial charge on any atom is 0.266 e. The molecule has 2 amide bonds. The molecule has 2 N–H and O–H groups in total. The maximum absolute atomic E-state index is 12.5. The number of rotatable bonds is 7. The van der Waals surface area contributed by atoms with Crippen LogP contribution in [0.3, 0.4) is 0 Å². The van der Waals surface area contributed by atoms with Gasteiger partial charge < -0.3 is 15.4 Å². The molecule has 9 heteroatoms. The van der Waals surface area contributed by atoms with Crippen LogP contribution in [0.5, 0.6) is 5.75 Å². The number of anilines is 2. The number of hydrogen-bond acceptors (Lipinski definition) is 4. The Labute approximate surface area is 215 Å². The summed E-state index contributed by atoms with van der Waals surface area (Å²) in [6.45, 7) is 1.63. The average molecular weight is 559 g/mol. The van der Waals surface area contributed by atoms with Gasteiger partial charge in [0.15, 0.2) is 6.61 Å². The summed E-state index contributed by atoms with van der Waals surface area (Å²) in [6, 6.07) is 19.0. The smallest absolute Gasteiger partial charge is 0.266 e. The fourth-order valence-electron chi connectivity index (χ4n) is 2.86. The van der Waals surface area contributed by atoms with Crippen molar-refractivity contribution in [2.45, 2.75) is 6.92 Å². The van der Waals surface area contributed by atoms with Gasteiger partial charge in [-0.1, -0.05) is 47.5 Å². The summed E-state index contributed by atoms with van der Waals surface area (Å²) < 4.78 is 6.12. The first-order chi connectivity index (χ1) is 16.3. The molecule has 34 heavy (non-hydrogen) atoms. The monoisotopic (exact) mass is 557 g/mol. The molecule has 3 aromatic carbocycles. The second-order valence-corrected chi connectivity index (χ2v) is 8.76. The first-order valence-corrected chi connectivity index (χ1v) is 11.5. The molecule has 0 aliphatic rings. The van der Waals surface area contributed by atoms with E-state index >= 15 is 0 Å². The molecule has 0 heterocycles. The van der Waals surface area contributed by atoms with E-state index in [0.29, 0.717) is 37.2 Å². The van der Waals surface area contributed by atoms with Crippen LogP contribution in [0.2, 0.25) is 10.0 Å². The molecule has 0 saturated heterocycles. The number of para-hydroxylation sites is 1. The zero-order chi connectivity index (χ0) is 24.7.